The van der Waals surface area contributed by atoms with Crippen molar-refractivity contribution in [2.45, 2.75) is 0 Å². The maximum Gasteiger partial charge on any atom is 0.216 e. The predicted octanol–water partition coefficient (Wildman–Crippen LogP) is 0.737. The van der Waals surface area contributed by atoms with Crippen molar-refractivity contribution in [2.24, 2.45) is 0 Å². The molecule has 0 spiro atoms. The van der Waals surface area contributed by atoms with Crippen molar-refractivity contribution in [3.63, 3.8) is 0 Å². The monoisotopic (exact) mass is 166 g/mol. The van der Waals surface area contributed by atoms with Crippen LogP contribution in [0.3, 0.4) is 0 Å². The summed E-state index contributed by atoms with van der Waals surface area (Å²) in [5.41, 5.74) is 2.18. The average molecular weight is 166 g/mol. The number of rotatable bonds is 2. The standard InChI is InChI=1S/C11H9BN/c1-2-6-10(7-3-1)12-11-8-4-5-9-13-11/h1-9H. The van der Waals surface area contributed by atoms with E-state index in [4.69, 9.17) is 0 Å². The molecule has 1 radical (unpaired) electrons. The molecule has 0 fully saturated rings. The highest BCUT2D eigenvalue weighted by molar-refractivity contribution is 6.66. The minimum absolute atomic E-state index is 0.994. The van der Waals surface area contributed by atoms with Crippen LogP contribution in [-0.4, -0.2) is 12.3 Å². The second-order valence-corrected chi connectivity index (χ2v) is 2.81. The third kappa shape index (κ3) is 2.18. The highest BCUT2D eigenvalue weighted by Crippen LogP contribution is 1.82. The van der Waals surface area contributed by atoms with Gasteiger partial charge in [0.15, 0.2) is 0 Å². The first kappa shape index (κ1) is 8.05. The molecule has 0 aliphatic heterocycles. The lowest BCUT2D eigenvalue weighted by Crippen LogP contribution is -2.28. The summed E-state index contributed by atoms with van der Waals surface area (Å²) in [6.45, 7) is 0. The third-order valence-electron chi connectivity index (χ3n) is 1.80. The largest absolute Gasteiger partial charge is 0.272 e. The van der Waals surface area contributed by atoms with Crippen molar-refractivity contribution in [1.82, 2.24) is 4.98 Å². The van der Waals surface area contributed by atoms with Gasteiger partial charge in [-0.3, -0.25) is 4.98 Å². The molecule has 1 aromatic heterocycles. The first-order chi connectivity index (χ1) is 6.45. The van der Waals surface area contributed by atoms with Gasteiger partial charge < -0.3 is 0 Å². The van der Waals surface area contributed by atoms with Crippen LogP contribution in [0, 0.1) is 0 Å². The zero-order valence-electron chi connectivity index (χ0n) is 7.22. The molecule has 0 bridgehead atoms. The highest BCUT2D eigenvalue weighted by Gasteiger charge is 1.97. The molecule has 0 unspecified atom stereocenters. The van der Waals surface area contributed by atoms with Crippen molar-refractivity contribution in [1.29, 1.82) is 0 Å². The van der Waals surface area contributed by atoms with E-state index in [1.807, 2.05) is 36.4 Å². The van der Waals surface area contributed by atoms with Crippen molar-refractivity contribution in [3.8, 4) is 0 Å². The Morgan fingerprint density at radius 1 is 0.846 bits per heavy atom. The summed E-state index contributed by atoms with van der Waals surface area (Å²) in [6.07, 6.45) is 1.80. The van der Waals surface area contributed by atoms with E-state index >= 15 is 0 Å². The van der Waals surface area contributed by atoms with Crippen LogP contribution in [0.15, 0.2) is 54.7 Å². The molecule has 0 saturated heterocycles. The second kappa shape index (κ2) is 3.90. The van der Waals surface area contributed by atoms with Gasteiger partial charge in [0.2, 0.25) is 7.28 Å². The van der Waals surface area contributed by atoms with Gasteiger partial charge in [-0.25, -0.2) is 0 Å². The van der Waals surface area contributed by atoms with E-state index in [0.717, 1.165) is 5.59 Å². The molecule has 0 N–H and O–H groups in total. The van der Waals surface area contributed by atoms with Gasteiger partial charge in [-0.15, -0.1) is 0 Å². The maximum atomic E-state index is 4.22. The van der Waals surface area contributed by atoms with Crippen LogP contribution >= 0.6 is 0 Å². The van der Waals surface area contributed by atoms with Gasteiger partial charge in [-0.2, -0.15) is 0 Å². The molecule has 2 rings (SSSR count). The molecule has 0 atom stereocenters. The molecule has 1 aromatic carbocycles. The Bertz CT molecular complexity index is 321. The summed E-state index contributed by atoms with van der Waals surface area (Å²) >= 11 is 0. The van der Waals surface area contributed by atoms with Crippen LogP contribution in [0.5, 0.6) is 0 Å². The predicted molar refractivity (Wildman–Crippen MR) is 55.7 cm³/mol. The van der Waals surface area contributed by atoms with Crippen LogP contribution in [0.1, 0.15) is 0 Å². The van der Waals surface area contributed by atoms with Crippen LogP contribution in [0.25, 0.3) is 0 Å². The van der Waals surface area contributed by atoms with E-state index in [1.54, 1.807) is 6.20 Å². The molecule has 0 aliphatic carbocycles. The molecule has 61 valence electrons. The van der Waals surface area contributed by atoms with Gasteiger partial charge in [0.25, 0.3) is 0 Å². The molecule has 1 heterocycles. The summed E-state index contributed by atoms with van der Waals surface area (Å²) in [6, 6.07) is 16.1. The molecule has 0 saturated carbocycles. The van der Waals surface area contributed by atoms with Crippen LogP contribution in [0.2, 0.25) is 0 Å². The molecule has 0 aliphatic rings. The zero-order chi connectivity index (χ0) is 8.93. The smallest absolute Gasteiger partial charge is 0.216 e. The number of pyridine rings is 1. The quantitative estimate of drug-likeness (QED) is 0.599. The number of hydrogen-bond donors (Lipinski definition) is 0. The Labute approximate surface area is 78.7 Å². The Morgan fingerprint density at radius 2 is 1.62 bits per heavy atom. The van der Waals surface area contributed by atoms with Gasteiger partial charge in [0.1, 0.15) is 0 Å². The van der Waals surface area contributed by atoms with Gasteiger partial charge in [-0.05, 0) is 6.07 Å². The molecular weight excluding hydrogens is 157 g/mol. The molecule has 2 heteroatoms. The van der Waals surface area contributed by atoms with Crippen LogP contribution in [0.4, 0.5) is 0 Å². The summed E-state index contributed by atoms with van der Waals surface area (Å²) in [7, 11) is 2.06. The normalized spacial score (nSPS) is 9.54. The Hall–Kier alpha value is -1.57. The van der Waals surface area contributed by atoms with E-state index in [0.29, 0.717) is 0 Å². The Kier molecular flexibility index (Phi) is 2.42. The molecule has 2 aromatic rings. The minimum Gasteiger partial charge on any atom is -0.272 e. The summed E-state index contributed by atoms with van der Waals surface area (Å²) < 4.78 is 0. The highest BCUT2D eigenvalue weighted by atomic mass is 14.6. The first-order valence-corrected chi connectivity index (χ1v) is 4.26. The SMILES string of the molecule is [B](c1ccccc1)c1ccccn1. The van der Waals surface area contributed by atoms with E-state index in [1.165, 1.54) is 5.46 Å². The van der Waals surface area contributed by atoms with Crippen molar-refractivity contribution < 1.29 is 0 Å². The van der Waals surface area contributed by atoms with Gasteiger partial charge >= 0.3 is 0 Å². The van der Waals surface area contributed by atoms with Gasteiger partial charge in [0.05, 0.1) is 0 Å². The lowest BCUT2D eigenvalue weighted by atomic mass is 9.67. The average Bonchev–Trinajstić information content (AvgIpc) is 2.21. The zero-order valence-corrected chi connectivity index (χ0v) is 7.22. The lowest BCUT2D eigenvalue weighted by molar-refractivity contribution is 1.39. The van der Waals surface area contributed by atoms with E-state index in [-0.39, 0.29) is 0 Å². The van der Waals surface area contributed by atoms with E-state index < -0.39 is 0 Å². The molecule has 1 nitrogen and oxygen atoms in total. The van der Waals surface area contributed by atoms with Crippen LogP contribution in [-0.2, 0) is 0 Å². The Morgan fingerprint density at radius 3 is 2.31 bits per heavy atom. The van der Waals surface area contributed by atoms with Crippen molar-refractivity contribution in [2.75, 3.05) is 0 Å². The van der Waals surface area contributed by atoms with Crippen molar-refractivity contribution >= 4 is 18.3 Å². The number of nitrogens with zero attached hydrogens (tertiary/aromatic N) is 1. The number of benzene rings is 1. The molecule has 13 heavy (non-hydrogen) atoms. The summed E-state index contributed by atoms with van der Waals surface area (Å²) in [4.78, 5) is 4.22. The second-order valence-electron chi connectivity index (χ2n) is 2.81. The fourth-order valence-corrected chi connectivity index (χ4v) is 1.18. The number of aromatic nitrogens is 1. The topological polar surface area (TPSA) is 12.9 Å². The lowest BCUT2D eigenvalue weighted by Gasteiger charge is -1.97. The number of hydrogen-bond acceptors (Lipinski definition) is 1. The van der Waals surface area contributed by atoms with E-state index in [2.05, 4.69) is 24.4 Å². The van der Waals surface area contributed by atoms with Gasteiger partial charge in [-0.1, -0.05) is 47.9 Å². The minimum atomic E-state index is 0.994. The van der Waals surface area contributed by atoms with Crippen LogP contribution < -0.4 is 11.1 Å². The fraction of sp³-hybridized carbons (Fsp3) is 0. The first-order valence-electron chi connectivity index (χ1n) is 4.26. The third-order valence-corrected chi connectivity index (χ3v) is 1.80. The summed E-state index contributed by atoms with van der Waals surface area (Å²) in [5.74, 6) is 0. The maximum absolute atomic E-state index is 4.22. The fourth-order valence-electron chi connectivity index (χ4n) is 1.18. The molecule has 0 amide bonds. The van der Waals surface area contributed by atoms with E-state index in [9.17, 15) is 0 Å². The van der Waals surface area contributed by atoms with Crippen molar-refractivity contribution in [3.05, 3.63) is 54.7 Å². The summed E-state index contributed by atoms with van der Waals surface area (Å²) in [5, 5.41) is 0. The Balaban J connectivity index is 2.16. The van der Waals surface area contributed by atoms with Gasteiger partial charge in [0, 0.05) is 11.8 Å². The molecular formula is C11H9BN.